The highest BCUT2D eigenvalue weighted by atomic mass is 35.5. The summed E-state index contributed by atoms with van der Waals surface area (Å²) in [5, 5.41) is 0.725. The van der Waals surface area contributed by atoms with Gasteiger partial charge in [0.05, 0.1) is 6.61 Å². The number of ether oxygens (including phenoxy) is 1. The molecule has 3 heteroatoms. The molecule has 0 saturated carbocycles. The van der Waals surface area contributed by atoms with Gasteiger partial charge in [0.1, 0.15) is 0 Å². The van der Waals surface area contributed by atoms with Crippen LogP contribution in [-0.4, -0.2) is 12.6 Å². The summed E-state index contributed by atoms with van der Waals surface area (Å²) in [4.78, 5) is 10.5. The van der Waals surface area contributed by atoms with Crippen LogP contribution >= 0.6 is 11.6 Å². The van der Waals surface area contributed by atoms with Crippen molar-refractivity contribution in [1.82, 2.24) is 0 Å². The Kier molecular flexibility index (Phi) is 7.65. The van der Waals surface area contributed by atoms with Crippen LogP contribution in [0.4, 0.5) is 0 Å². The lowest BCUT2D eigenvalue weighted by Crippen LogP contribution is -2.03. The van der Waals surface area contributed by atoms with Crippen molar-refractivity contribution >= 4 is 17.6 Å². The lowest BCUT2D eigenvalue weighted by molar-refractivity contribution is -0.140. The highest BCUT2D eigenvalue weighted by Gasteiger charge is 1.98. The van der Waals surface area contributed by atoms with Gasteiger partial charge in [-0.15, -0.1) is 0 Å². The first kappa shape index (κ1) is 15.0. The molecule has 1 aromatic carbocycles. The van der Waals surface area contributed by atoms with Crippen LogP contribution in [0.15, 0.2) is 18.2 Å². The summed E-state index contributed by atoms with van der Waals surface area (Å²) >= 11 is 5.88. The van der Waals surface area contributed by atoms with Crippen LogP contribution in [0.2, 0.25) is 5.02 Å². The van der Waals surface area contributed by atoms with Crippen LogP contribution in [0, 0.1) is 6.92 Å². The summed E-state index contributed by atoms with van der Waals surface area (Å²) in [5.41, 5.74) is 2.21. The molecule has 0 spiro atoms. The van der Waals surface area contributed by atoms with Gasteiger partial charge >= 0.3 is 5.97 Å². The molecule has 0 atom stereocenters. The molecule has 0 unspecified atom stereocenters. The molecule has 0 fully saturated rings. The van der Waals surface area contributed by atoms with Crippen LogP contribution in [0.5, 0.6) is 0 Å². The van der Waals surface area contributed by atoms with E-state index in [1.165, 1.54) is 6.92 Å². The molecule has 0 aliphatic heterocycles. The van der Waals surface area contributed by atoms with E-state index in [4.69, 9.17) is 16.3 Å². The van der Waals surface area contributed by atoms with Gasteiger partial charge in [-0.2, -0.15) is 0 Å². The highest BCUT2D eigenvalue weighted by molar-refractivity contribution is 6.30. The lowest BCUT2D eigenvalue weighted by Gasteiger charge is -2.04. The molecule has 0 heterocycles. The van der Waals surface area contributed by atoms with Gasteiger partial charge in [0.15, 0.2) is 0 Å². The molecule has 1 rings (SSSR count). The molecule has 0 aliphatic rings. The Balaban J connectivity index is 0.00000106. The van der Waals surface area contributed by atoms with Gasteiger partial charge in [-0.25, -0.2) is 0 Å². The molecule has 2 nitrogen and oxygen atoms in total. The number of hydrogen-bond donors (Lipinski definition) is 0. The monoisotopic (exact) mass is 242 g/mol. The average Bonchev–Trinajstić information content (AvgIpc) is 2.18. The maximum atomic E-state index is 10.5. The Labute approximate surface area is 103 Å². The van der Waals surface area contributed by atoms with Gasteiger partial charge in [-0.3, -0.25) is 4.79 Å². The Morgan fingerprint density at radius 3 is 2.44 bits per heavy atom. The van der Waals surface area contributed by atoms with Gasteiger partial charge in [0, 0.05) is 18.4 Å². The van der Waals surface area contributed by atoms with Crippen LogP contribution < -0.4 is 0 Å². The third-order valence-electron chi connectivity index (χ3n) is 1.80. The van der Waals surface area contributed by atoms with E-state index in [-0.39, 0.29) is 5.97 Å². The summed E-state index contributed by atoms with van der Waals surface area (Å²) in [7, 11) is 0. The Morgan fingerprint density at radius 2 is 1.94 bits per heavy atom. The smallest absolute Gasteiger partial charge is 0.302 e. The molecule has 0 amide bonds. The minimum Gasteiger partial charge on any atom is -0.466 e. The van der Waals surface area contributed by atoms with E-state index >= 15 is 0 Å². The van der Waals surface area contributed by atoms with Crippen molar-refractivity contribution in [3.8, 4) is 0 Å². The summed E-state index contributed by atoms with van der Waals surface area (Å²) in [6.07, 6.45) is 0.709. The zero-order chi connectivity index (χ0) is 12.6. The van der Waals surface area contributed by atoms with Crippen molar-refractivity contribution in [2.24, 2.45) is 0 Å². The Hall–Kier alpha value is -1.02. The number of aryl methyl sites for hydroxylation is 1. The van der Waals surface area contributed by atoms with E-state index in [1.54, 1.807) is 0 Å². The van der Waals surface area contributed by atoms with Gasteiger partial charge in [-0.05, 0) is 30.2 Å². The summed E-state index contributed by atoms with van der Waals surface area (Å²) in [6.45, 7) is 7.81. The predicted octanol–water partition coefficient (Wildman–Crippen LogP) is 3.78. The molecule has 0 saturated heterocycles. The zero-order valence-corrected chi connectivity index (χ0v) is 11.1. The van der Waals surface area contributed by atoms with E-state index in [2.05, 4.69) is 0 Å². The van der Waals surface area contributed by atoms with Crippen molar-refractivity contribution in [3.63, 3.8) is 0 Å². The van der Waals surface area contributed by atoms with E-state index in [0.717, 1.165) is 16.1 Å². The van der Waals surface area contributed by atoms with Crippen molar-refractivity contribution in [2.45, 2.75) is 34.1 Å². The lowest BCUT2D eigenvalue weighted by atomic mass is 10.1. The fourth-order valence-corrected chi connectivity index (χ4v) is 1.58. The number of halogens is 1. The predicted molar refractivity (Wildman–Crippen MR) is 67.9 cm³/mol. The Bertz CT molecular complexity index is 314. The second kappa shape index (κ2) is 8.17. The quantitative estimate of drug-likeness (QED) is 0.754. The van der Waals surface area contributed by atoms with E-state index in [9.17, 15) is 4.79 Å². The van der Waals surface area contributed by atoms with Crippen LogP contribution in [0.1, 0.15) is 31.9 Å². The van der Waals surface area contributed by atoms with Crippen molar-refractivity contribution < 1.29 is 9.53 Å². The number of hydrogen-bond acceptors (Lipinski definition) is 2. The number of carbonyl (C=O) groups is 1. The molecule has 1 aromatic rings. The van der Waals surface area contributed by atoms with Crippen molar-refractivity contribution in [1.29, 1.82) is 0 Å². The second-order valence-electron chi connectivity index (χ2n) is 3.23. The van der Waals surface area contributed by atoms with Crippen molar-refractivity contribution in [3.05, 3.63) is 34.3 Å². The van der Waals surface area contributed by atoms with Crippen LogP contribution in [0.3, 0.4) is 0 Å². The minimum absolute atomic E-state index is 0.247. The van der Waals surface area contributed by atoms with E-state index in [0.29, 0.717) is 13.0 Å². The minimum atomic E-state index is -0.247. The van der Waals surface area contributed by atoms with E-state index in [1.807, 2.05) is 39.0 Å². The van der Waals surface area contributed by atoms with Gasteiger partial charge in [0.25, 0.3) is 0 Å². The average molecular weight is 243 g/mol. The number of benzene rings is 1. The first-order valence-electron chi connectivity index (χ1n) is 5.47. The summed E-state index contributed by atoms with van der Waals surface area (Å²) in [5.74, 6) is -0.247. The largest absolute Gasteiger partial charge is 0.466 e. The molecule has 0 N–H and O–H groups in total. The summed E-state index contributed by atoms with van der Waals surface area (Å²) < 4.78 is 4.84. The molecule has 16 heavy (non-hydrogen) atoms. The van der Waals surface area contributed by atoms with Gasteiger partial charge in [0.2, 0.25) is 0 Å². The molecular weight excluding hydrogens is 224 g/mol. The highest BCUT2D eigenvalue weighted by Crippen LogP contribution is 2.14. The number of rotatable bonds is 3. The molecule has 0 radical (unpaired) electrons. The standard InChI is InChI=1S/C11H13ClO2.C2H6/c1-8-5-10(7-11(12)6-8)3-4-14-9(2)13;1-2/h5-7H,3-4H2,1-2H3;1-2H3. The second-order valence-corrected chi connectivity index (χ2v) is 3.66. The molecule has 0 aromatic heterocycles. The number of carbonyl (C=O) groups excluding carboxylic acids is 1. The normalized spacial score (nSPS) is 9.06. The first-order chi connectivity index (χ1) is 7.58. The molecular formula is C13H19ClO2. The topological polar surface area (TPSA) is 26.3 Å². The molecule has 0 bridgehead atoms. The van der Waals surface area contributed by atoms with Gasteiger partial charge < -0.3 is 4.74 Å². The fourth-order valence-electron chi connectivity index (χ4n) is 1.27. The number of esters is 1. The van der Waals surface area contributed by atoms with Crippen LogP contribution in [0.25, 0.3) is 0 Å². The fraction of sp³-hybridized carbons (Fsp3) is 0.462. The van der Waals surface area contributed by atoms with Gasteiger partial charge in [-0.1, -0.05) is 31.5 Å². The SMILES string of the molecule is CC.CC(=O)OCCc1cc(C)cc(Cl)c1. The molecule has 90 valence electrons. The zero-order valence-electron chi connectivity index (χ0n) is 10.3. The first-order valence-corrected chi connectivity index (χ1v) is 5.85. The van der Waals surface area contributed by atoms with Crippen molar-refractivity contribution in [2.75, 3.05) is 6.61 Å². The maximum absolute atomic E-state index is 10.5. The third-order valence-corrected chi connectivity index (χ3v) is 2.02. The summed E-state index contributed by atoms with van der Waals surface area (Å²) in [6, 6.07) is 5.82. The van der Waals surface area contributed by atoms with Crippen LogP contribution in [-0.2, 0) is 16.0 Å². The third kappa shape index (κ3) is 6.46. The molecule has 0 aliphatic carbocycles. The van der Waals surface area contributed by atoms with E-state index < -0.39 is 0 Å². The Morgan fingerprint density at radius 1 is 1.31 bits per heavy atom. The maximum Gasteiger partial charge on any atom is 0.302 e.